The Hall–Kier alpha value is -0.850. The first-order chi connectivity index (χ1) is 9.63. The Bertz CT molecular complexity index is 490. The largest absolute Gasteiger partial charge is 0.353 e. The van der Waals surface area contributed by atoms with E-state index in [4.69, 9.17) is 0 Å². The lowest BCUT2D eigenvalue weighted by molar-refractivity contribution is 0.617. The van der Waals surface area contributed by atoms with Gasteiger partial charge in [-0.05, 0) is 42.9 Å². The summed E-state index contributed by atoms with van der Waals surface area (Å²) in [4.78, 5) is 4.24. The van der Waals surface area contributed by atoms with E-state index in [-0.39, 0.29) is 29.8 Å². The molecular formula is C16H25FIN3. The van der Waals surface area contributed by atoms with Crippen molar-refractivity contribution in [2.45, 2.75) is 45.7 Å². The number of guanidine groups is 1. The molecule has 1 fully saturated rings. The lowest BCUT2D eigenvalue weighted by atomic mass is 10.1. The van der Waals surface area contributed by atoms with E-state index in [2.05, 4.69) is 22.5 Å². The molecule has 1 saturated carbocycles. The SMILES string of the molecule is CCCC1CC1NC(=NC)NCc1ccc(F)c(C)c1.I. The van der Waals surface area contributed by atoms with Gasteiger partial charge in [0.15, 0.2) is 5.96 Å². The summed E-state index contributed by atoms with van der Waals surface area (Å²) in [5.74, 6) is 1.47. The second-order valence-electron chi connectivity index (χ2n) is 5.54. The predicted molar refractivity (Wildman–Crippen MR) is 96.7 cm³/mol. The molecule has 1 aliphatic carbocycles. The summed E-state index contributed by atoms with van der Waals surface area (Å²) in [5.41, 5.74) is 1.74. The number of rotatable bonds is 5. The number of nitrogens with one attached hydrogen (secondary N) is 2. The average molecular weight is 405 g/mol. The maximum absolute atomic E-state index is 13.2. The van der Waals surface area contributed by atoms with Crippen LogP contribution < -0.4 is 10.6 Å². The minimum Gasteiger partial charge on any atom is -0.353 e. The number of hydrogen-bond acceptors (Lipinski definition) is 1. The highest BCUT2D eigenvalue weighted by Gasteiger charge is 2.36. The van der Waals surface area contributed by atoms with E-state index < -0.39 is 0 Å². The van der Waals surface area contributed by atoms with E-state index in [0.717, 1.165) is 17.4 Å². The Balaban J connectivity index is 0.00000220. The molecule has 0 saturated heterocycles. The third-order valence-corrected chi connectivity index (χ3v) is 3.81. The first kappa shape index (κ1) is 18.2. The quantitative estimate of drug-likeness (QED) is 0.446. The van der Waals surface area contributed by atoms with Crippen molar-refractivity contribution < 1.29 is 4.39 Å². The molecule has 2 rings (SSSR count). The van der Waals surface area contributed by atoms with Crippen LogP contribution in [0.25, 0.3) is 0 Å². The standard InChI is InChI=1S/C16H24FN3.HI/c1-4-5-13-9-15(13)20-16(18-3)19-10-12-6-7-14(17)11(2)8-12;/h6-8,13,15H,4-5,9-10H2,1-3H3,(H2,18,19,20);1H. The fourth-order valence-corrected chi connectivity index (χ4v) is 2.49. The van der Waals surface area contributed by atoms with Gasteiger partial charge in [-0.1, -0.05) is 25.5 Å². The van der Waals surface area contributed by atoms with Crippen molar-refractivity contribution in [3.63, 3.8) is 0 Å². The Labute approximate surface area is 143 Å². The molecule has 1 aromatic carbocycles. The van der Waals surface area contributed by atoms with Crippen molar-refractivity contribution in [2.75, 3.05) is 7.05 Å². The topological polar surface area (TPSA) is 36.4 Å². The van der Waals surface area contributed by atoms with Gasteiger partial charge in [-0.15, -0.1) is 24.0 Å². The number of benzene rings is 1. The molecule has 0 aromatic heterocycles. The van der Waals surface area contributed by atoms with Gasteiger partial charge in [0.05, 0.1) is 0 Å². The van der Waals surface area contributed by atoms with Crippen LogP contribution in [0.2, 0.25) is 0 Å². The third kappa shape index (κ3) is 5.45. The van der Waals surface area contributed by atoms with Crippen LogP contribution in [0.15, 0.2) is 23.2 Å². The Morgan fingerprint density at radius 3 is 2.81 bits per heavy atom. The number of nitrogens with zero attached hydrogens (tertiary/aromatic N) is 1. The van der Waals surface area contributed by atoms with Crippen LogP contribution in [-0.2, 0) is 6.54 Å². The van der Waals surface area contributed by atoms with Gasteiger partial charge in [-0.2, -0.15) is 0 Å². The molecule has 0 spiro atoms. The first-order valence-corrected chi connectivity index (χ1v) is 7.36. The molecule has 0 aliphatic heterocycles. The summed E-state index contributed by atoms with van der Waals surface area (Å²) >= 11 is 0. The second kappa shape index (κ2) is 8.56. The fourth-order valence-electron chi connectivity index (χ4n) is 2.49. The zero-order valence-corrected chi connectivity index (χ0v) is 15.3. The predicted octanol–water partition coefficient (Wildman–Crippen LogP) is 3.61. The van der Waals surface area contributed by atoms with Crippen molar-refractivity contribution in [3.8, 4) is 0 Å². The number of hydrogen-bond donors (Lipinski definition) is 2. The summed E-state index contributed by atoms with van der Waals surface area (Å²) < 4.78 is 13.2. The molecule has 1 aromatic rings. The number of aliphatic imine (C=N–C) groups is 1. The molecule has 1 aliphatic rings. The zero-order valence-electron chi connectivity index (χ0n) is 12.9. The van der Waals surface area contributed by atoms with Crippen LogP contribution in [0.5, 0.6) is 0 Å². The van der Waals surface area contributed by atoms with Gasteiger partial charge in [0.2, 0.25) is 0 Å². The van der Waals surface area contributed by atoms with Crippen LogP contribution in [0.1, 0.15) is 37.3 Å². The average Bonchev–Trinajstić information content (AvgIpc) is 3.17. The smallest absolute Gasteiger partial charge is 0.191 e. The molecule has 0 amide bonds. The highest BCUT2D eigenvalue weighted by molar-refractivity contribution is 14.0. The number of aryl methyl sites for hydroxylation is 1. The van der Waals surface area contributed by atoms with Crippen molar-refractivity contribution in [1.29, 1.82) is 0 Å². The van der Waals surface area contributed by atoms with E-state index in [9.17, 15) is 4.39 Å². The maximum Gasteiger partial charge on any atom is 0.191 e. The zero-order chi connectivity index (χ0) is 14.5. The molecule has 3 nitrogen and oxygen atoms in total. The molecule has 21 heavy (non-hydrogen) atoms. The molecule has 2 N–H and O–H groups in total. The summed E-state index contributed by atoms with van der Waals surface area (Å²) in [7, 11) is 1.78. The molecule has 2 atom stereocenters. The highest BCUT2D eigenvalue weighted by Crippen LogP contribution is 2.34. The van der Waals surface area contributed by atoms with Gasteiger partial charge in [0, 0.05) is 19.6 Å². The lowest BCUT2D eigenvalue weighted by Crippen LogP contribution is -2.38. The van der Waals surface area contributed by atoms with Crippen LogP contribution in [0, 0.1) is 18.7 Å². The van der Waals surface area contributed by atoms with E-state index in [1.165, 1.54) is 25.3 Å². The third-order valence-electron chi connectivity index (χ3n) is 3.81. The first-order valence-electron chi connectivity index (χ1n) is 7.36. The minimum absolute atomic E-state index is 0. The van der Waals surface area contributed by atoms with Crippen LogP contribution in [-0.4, -0.2) is 19.0 Å². The summed E-state index contributed by atoms with van der Waals surface area (Å²) in [6.07, 6.45) is 3.76. The summed E-state index contributed by atoms with van der Waals surface area (Å²) in [5, 5.41) is 6.72. The molecular weight excluding hydrogens is 380 g/mol. The molecule has 118 valence electrons. The molecule has 0 heterocycles. The number of halogens is 2. The van der Waals surface area contributed by atoms with Crippen LogP contribution in [0.4, 0.5) is 4.39 Å². The van der Waals surface area contributed by atoms with E-state index in [0.29, 0.717) is 18.2 Å². The second-order valence-corrected chi connectivity index (χ2v) is 5.54. The monoisotopic (exact) mass is 405 g/mol. The van der Waals surface area contributed by atoms with Gasteiger partial charge < -0.3 is 10.6 Å². The van der Waals surface area contributed by atoms with Gasteiger partial charge in [0.1, 0.15) is 5.82 Å². The van der Waals surface area contributed by atoms with Crippen molar-refractivity contribution >= 4 is 29.9 Å². The van der Waals surface area contributed by atoms with Crippen LogP contribution in [0.3, 0.4) is 0 Å². The van der Waals surface area contributed by atoms with E-state index >= 15 is 0 Å². The van der Waals surface area contributed by atoms with Gasteiger partial charge in [0.25, 0.3) is 0 Å². The van der Waals surface area contributed by atoms with E-state index in [1.807, 2.05) is 6.07 Å². The molecule has 5 heteroatoms. The van der Waals surface area contributed by atoms with Gasteiger partial charge >= 0.3 is 0 Å². The summed E-state index contributed by atoms with van der Waals surface area (Å²) in [6.45, 7) is 4.66. The van der Waals surface area contributed by atoms with Gasteiger partial charge in [-0.3, -0.25) is 4.99 Å². The molecule has 0 bridgehead atoms. The lowest BCUT2D eigenvalue weighted by Gasteiger charge is -2.12. The van der Waals surface area contributed by atoms with Crippen molar-refractivity contribution in [1.82, 2.24) is 10.6 Å². The van der Waals surface area contributed by atoms with E-state index in [1.54, 1.807) is 20.0 Å². The Morgan fingerprint density at radius 2 is 2.19 bits per heavy atom. The summed E-state index contributed by atoms with van der Waals surface area (Å²) in [6, 6.07) is 5.75. The highest BCUT2D eigenvalue weighted by atomic mass is 127. The van der Waals surface area contributed by atoms with Gasteiger partial charge in [-0.25, -0.2) is 4.39 Å². The van der Waals surface area contributed by atoms with Crippen LogP contribution >= 0.6 is 24.0 Å². The molecule has 0 radical (unpaired) electrons. The maximum atomic E-state index is 13.2. The van der Waals surface area contributed by atoms with Crippen molar-refractivity contribution in [3.05, 3.63) is 35.1 Å². The minimum atomic E-state index is -0.156. The van der Waals surface area contributed by atoms with Crippen molar-refractivity contribution in [2.24, 2.45) is 10.9 Å². The fraction of sp³-hybridized carbons (Fsp3) is 0.562. The normalized spacial score (nSPS) is 20.7. The Morgan fingerprint density at radius 1 is 1.43 bits per heavy atom. The molecule has 2 unspecified atom stereocenters. The Kier molecular flexibility index (Phi) is 7.42.